The normalized spacial score (nSPS) is 15.5. The standard InChI is InChI=1S/C22H23N5O3S/c1-29-18(13-28)22-23-20(26-8-10-30-11-9-26)12-21(24-22)27-7-6-17(25-27)16-14-31-19-5-3-2-4-15(16)19/h2-7,12,14,18,28H,8-11,13H2,1H3/t18-/m0/s1. The van der Waals surface area contributed by atoms with Gasteiger partial charge < -0.3 is 19.5 Å². The second-order valence-corrected chi connectivity index (χ2v) is 8.15. The van der Waals surface area contributed by atoms with Crippen LogP contribution >= 0.6 is 11.3 Å². The molecule has 3 aromatic heterocycles. The van der Waals surface area contributed by atoms with Crippen molar-refractivity contribution < 1.29 is 14.6 Å². The van der Waals surface area contributed by atoms with E-state index < -0.39 is 6.10 Å². The molecule has 1 aromatic carbocycles. The molecule has 1 aliphatic heterocycles. The zero-order valence-corrected chi connectivity index (χ0v) is 18.0. The molecule has 0 unspecified atom stereocenters. The number of aliphatic hydroxyl groups is 1. The molecule has 9 heteroatoms. The fourth-order valence-electron chi connectivity index (χ4n) is 3.69. The maximum Gasteiger partial charge on any atom is 0.164 e. The van der Waals surface area contributed by atoms with Crippen LogP contribution in [0, 0.1) is 0 Å². The Kier molecular flexibility index (Phi) is 5.65. The molecule has 0 aliphatic carbocycles. The van der Waals surface area contributed by atoms with Crippen molar-refractivity contribution in [1.29, 1.82) is 0 Å². The first kappa shape index (κ1) is 20.1. The average Bonchev–Trinajstić information content (AvgIpc) is 3.48. The summed E-state index contributed by atoms with van der Waals surface area (Å²) >= 11 is 1.71. The smallest absolute Gasteiger partial charge is 0.164 e. The fraction of sp³-hybridized carbons (Fsp3) is 0.318. The van der Waals surface area contributed by atoms with Crippen LogP contribution in [0.15, 0.2) is 48.0 Å². The number of rotatable bonds is 6. The molecule has 0 amide bonds. The summed E-state index contributed by atoms with van der Waals surface area (Å²) in [6.45, 7) is 2.60. The second-order valence-electron chi connectivity index (χ2n) is 7.24. The average molecular weight is 438 g/mol. The van der Waals surface area contributed by atoms with Crippen molar-refractivity contribution in [2.24, 2.45) is 0 Å². The number of nitrogens with zero attached hydrogens (tertiary/aromatic N) is 5. The number of aliphatic hydroxyl groups excluding tert-OH is 1. The molecule has 31 heavy (non-hydrogen) atoms. The van der Waals surface area contributed by atoms with Gasteiger partial charge in [0.05, 0.1) is 25.5 Å². The van der Waals surface area contributed by atoms with E-state index in [9.17, 15) is 5.11 Å². The summed E-state index contributed by atoms with van der Waals surface area (Å²) in [4.78, 5) is 11.5. The Morgan fingerprint density at radius 2 is 1.97 bits per heavy atom. The van der Waals surface area contributed by atoms with Crippen LogP contribution in [0.4, 0.5) is 5.82 Å². The highest BCUT2D eigenvalue weighted by Crippen LogP contribution is 2.33. The first-order chi connectivity index (χ1) is 15.3. The molecule has 1 fully saturated rings. The van der Waals surface area contributed by atoms with E-state index in [0.717, 1.165) is 30.2 Å². The molecule has 4 aromatic rings. The van der Waals surface area contributed by atoms with Crippen molar-refractivity contribution in [3.8, 4) is 17.1 Å². The first-order valence-electron chi connectivity index (χ1n) is 10.1. The Labute approximate surface area is 183 Å². The Bertz CT molecular complexity index is 1180. The van der Waals surface area contributed by atoms with E-state index in [1.54, 1.807) is 23.1 Å². The van der Waals surface area contributed by atoms with Crippen LogP contribution in [0.5, 0.6) is 0 Å². The van der Waals surface area contributed by atoms with E-state index >= 15 is 0 Å². The lowest BCUT2D eigenvalue weighted by molar-refractivity contribution is 0.0422. The van der Waals surface area contributed by atoms with Crippen LogP contribution in [-0.2, 0) is 9.47 Å². The third-order valence-electron chi connectivity index (χ3n) is 5.37. The molecule has 160 valence electrons. The molecule has 5 rings (SSSR count). The predicted molar refractivity (Wildman–Crippen MR) is 120 cm³/mol. The molecule has 1 saturated heterocycles. The number of fused-ring (bicyclic) bond motifs is 1. The minimum absolute atomic E-state index is 0.201. The van der Waals surface area contributed by atoms with E-state index in [0.29, 0.717) is 24.9 Å². The molecule has 8 nitrogen and oxygen atoms in total. The molecule has 4 heterocycles. The Hall–Kier alpha value is -2.85. The summed E-state index contributed by atoms with van der Waals surface area (Å²) in [7, 11) is 1.54. The van der Waals surface area contributed by atoms with Gasteiger partial charge in [-0.1, -0.05) is 18.2 Å². The number of hydrogen-bond donors (Lipinski definition) is 1. The number of anilines is 1. The Morgan fingerprint density at radius 1 is 1.16 bits per heavy atom. The molecule has 1 aliphatic rings. The fourth-order valence-corrected chi connectivity index (χ4v) is 4.64. The van der Waals surface area contributed by atoms with Crippen LogP contribution in [0.25, 0.3) is 27.2 Å². The number of ether oxygens (including phenoxy) is 2. The van der Waals surface area contributed by atoms with Gasteiger partial charge >= 0.3 is 0 Å². The predicted octanol–water partition coefficient (Wildman–Crippen LogP) is 3.06. The van der Waals surface area contributed by atoms with Gasteiger partial charge in [0.25, 0.3) is 0 Å². The van der Waals surface area contributed by atoms with Crippen LogP contribution in [0.1, 0.15) is 11.9 Å². The maximum atomic E-state index is 9.71. The number of benzene rings is 1. The summed E-state index contributed by atoms with van der Waals surface area (Å²) in [5.41, 5.74) is 1.99. The van der Waals surface area contributed by atoms with Gasteiger partial charge in [0, 0.05) is 53.5 Å². The van der Waals surface area contributed by atoms with Crippen molar-refractivity contribution in [2.75, 3.05) is 44.9 Å². The third-order valence-corrected chi connectivity index (χ3v) is 6.33. The first-order valence-corrected chi connectivity index (χ1v) is 11.0. The summed E-state index contributed by atoms with van der Waals surface area (Å²) < 4.78 is 13.8. The summed E-state index contributed by atoms with van der Waals surface area (Å²) in [6.07, 6.45) is 1.30. The van der Waals surface area contributed by atoms with E-state index in [4.69, 9.17) is 14.6 Å². The summed E-state index contributed by atoms with van der Waals surface area (Å²) in [5, 5.41) is 17.8. The van der Waals surface area contributed by atoms with Gasteiger partial charge in [-0.3, -0.25) is 0 Å². The molecular weight excluding hydrogens is 414 g/mol. The molecular formula is C22H23N5O3S. The van der Waals surface area contributed by atoms with Crippen LogP contribution in [-0.4, -0.2) is 64.9 Å². The Morgan fingerprint density at radius 3 is 2.77 bits per heavy atom. The SMILES string of the molecule is CO[C@@H](CO)c1nc(N2CCOCC2)cc(-n2ccc(-c3csc4ccccc34)n2)n1. The molecule has 0 radical (unpaired) electrons. The van der Waals surface area contributed by atoms with Gasteiger partial charge in [-0.15, -0.1) is 11.3 Å². The van der Waals surface area contributed by atoms with E-state index in [1.165, 1.54) is 10.1 Å². The lowest BCUT2D eigenvalue weighted by Crippen LogP contribution is -2.37. The largest absolute Gasteiger partial charge is 0.393 e. The zero-order valence-electron chi connectivity index (χ0n) is 17.1. The number of thiophene rings is 1. The van der Waals surface area contributed by atoms with E-state index in [1.807, 2.05) is 30.5 Å². The van der Waals surface area contributed by atoms with Crippen molar-refractivity contribution in [1.82, 2.24) is 19.7 Å². The third kappa shape index (κ3) is 3.92. The second kappa shape index (κ2) is 8.72. The minimum Gasteiger partial charge on any atom is -0.393 e. The van der Waals surface area contributed by atoms with Gasteiger partial charge in [-0.05, 0) is 12.1 Å². The molecule has 0 bridgehead atoms. The maximum absolute atomic E-state index is 9.71. The van der Waals surface area contributed by atoms with Gasteiger partial charge in [0.2, 0.25) is 0 Å². The number of aromatic nitrogens is 4. The van der Waals surface area contributed by atoms with E-state index in [-0.39, 0.29) is 6.61 Å². The van der Waals surface area contributed by atoms with Crippen LogP contribution in [0.3, 0.4) is 0 Å². The zero-order chi connectivity index (χ0) is 21.2. The number of morpholine rings is 1. The quantitative estimate of drug-likeness (QED) is 0.496. The molecule has 0 saturated carbocycles. The van der Waals surface area contributed by atoms with Gasteiger partial charge in [0.1, 0.15) is 11.9 Å². The summed E-state index contributed by atoms with van der Waals surface area (Å²) in [6, 6.07) is 12.2. The topological polar surface area (TPSA) is 85.5 Å². The minimum atomic E-state index is -0.601. The number of methoxy groups -OCH3 is 1. The van der Waals surface area contributed by atoms with Crippen LogP contribution in [0.2, 0.25) is 0 Å². The Balaban J connectivity index is 1.55. The molecule has 0 spiro atoms. The highest BCUT2D eigenvalue weighted by atomic mass is 32.1. The van der Waals surface area contributed by atoms with Gasteiger partial charge in [0.15, 0.2) is 11.6 Å². The van der Waals surface area contributed by atoms with Crippen molar-refractivity contribution in [3.05, 3.63) is 53.8 Å². The highest BCUT2D eigenvalue weighted by Gasteiger charge is 2.20. The van der Waals surface area contributed by atoms with E-state index in [2.05, 4.69) is 32.4 Å². The van der Waals surface area contributed by atoms with Gasteiger partial charge in [-0.2, -0.15) is 5.10 Å². The van der Waals surface area contributed by atoms with Gasteiger partial charge in [-0.25, -0.2) is 14.6 Å². The van der Waals surface area contributed by atoms with Crippen molar-refractivity contribution >= 4 is 27.2 Å². The lowest BCUT2D eigenvalue weighted by atomic mass is 10.1. The molecule has 1 atom stereocenters. The summed E-state index contributed by atoms with van der Waals surface area (Å²) in [5.74, 6) is 1.84. The van der Waals surface area contributed by atoms with Crippen molar-refractivity contribution in [2.45, 2.75) is 6.10 Å². The number of hydrogen-bond acceptors (Lipinski definition) is 8. The monoisotopic (exact) mass is 437 g/mol. The van der Waals surface area contributed by atoms with Crippen LogP contribution < -0.4 is 4.90 Å². The molecule has 1 N–H and O–H groups in total. The lowest BCUT2D eigenvalue weighted by Gasteiger charge is -2.28. The van der Waals surface area contributed by atoms with Crippen molar-refractivity contribution in [3.63, 3.8) is 0 Å². The highest BCUT2D eigenvalue weighted by molar-refractivity contribution is 7.17.